The maximum atomic E-state index is 11.8. The molecule has 17 heavy (non-hydrogen) atoms. The first kappa shape index (κ1) is 12.1. The average Bonchev–Trinajstić information content (AvgIpc) is 3.16. The maximum Gasteiger partial charge on any atom is 0.338 e. The van der Waals surface area contributed by atoms with E-state index in [2.05, 4.69) is 0 Å². The summed E-state index contributed by atoms with van der Waals surface area (Å²) in [6.07, 6.45) is 1.36. The van der Waals surface area contributed by atoms with Crippen LogP contribution in [-0.4, -0.2) is 29.9 Å². The number of carbonyl (C=O) groups is 1. The number of hydrogen-bond donors (Lipinski definition) is 1. The SMILES string of the molecule is O=C(OCc1ccccc1)C1(OCCO)CC1. The molecule has 1 aromatic carbocycles. The van der Waals surface area contributed by atoms with E-state index < -0.39 is 5.60 Å². The van der Waals surface area contributed by atoms with Gasteiger partial charge in [0.25, 0.3) is 0 Å². The van der Waals surface area contributed by atoms with Crippen LogP contribution in [0.25, 0.3) is 0 Å². The highest BCUT2D eigenvalue weighted by Crippen LogP contribution is 2.40. The molecule has 0 radical (unpaired) electrons. The molecule has 4 heteroatoms. The van der Waals surface area contributed by atoms with Crippen molar-refractivity contribution in [3.8, 4) is 0 Å². The summed E-state index contributed by atoms with van der Waals surface area (Å²) < 4.78 is 10.5. The van der Waals surface area contributed by atoms with Crippen molar-refractivity contribution in [2.45, 2.75) is 25.0 Å². The fourth-order valence-electron chi connectivity index (χ4n) is 1.62. The summed E-state index contributed by atoms with van der Waals surface area (Å²) >= 11 is 0. The molecule has 92 valence electrons. The topological polar surface area (TPSA) is 55.8 Å². The van der Waals surface area contributed by atoms with E-state index in [1.807, 2.05) is 30.3 Å². The number of hydrogen-bond acceptors (Lipinski definition) is 4. The molecule has 0 aliphatic heterocycles. The molecule has 1 N–H and O–H groups in total. The Bertz CT molecular complexity index is 370. The predicted octanol–water partition coefficient (Wildman–Crippen LogP) is 1.27. The van der Waals surface area contributed by atoms with E-state index in [0.717, 1.165) is 5.56 Å². The van der Waals surface area contributed by atoms with Crippen molar-refractivity contribution in [1.82, 2.24) is 0 Å². The first-order valence-electron chi connectivity index (χ1n) is 5.73. The highest BCUT2D eigenvalue weighted by Gasteiger charge is 2.52. The van der Waals surface area contributed by atoms with Crippen LogP contribution in [-0.2, 0) is 20.9 Å². The molecule has 4 nitrogen and oxygen atoms in total. The van der Waals surface area contributed by atoms with Crippen molar-refractivity contribution < 1.29 is 19.4 Å². The first-order valence-corrected chi connectivity index (χ1v) is 5.73. The summed E-state index contributed by atoms with van der Waals surface area (Å²) in [4.78, 5) is 11.8. The van der Waals surface area contributed by atoms with Crippen LogP contribution in [0.5, 0.6) is 0 Å². The molecule has 0 spiro atoms. The van der Waals surface area contributed by atoms with Crippen molar-refractivity contribution in [2.24, 2.45) is 0 Å². The van der Waals surface area contributed by atoms with E-state index in [0.29, 0.717) is 12.8 Å². The van der Waals surface area contributed by atoms with Gasteiger partial charge in [0.15, 0.2) is 5.60 Å². The Labute approximate surface area is 100 Å². The van der Waals surface area contributed by atoms with E-state index >= 15 is 0 Å². The number of aliphatic hydroxyl groups is 1. The second-order valence-corrected chi connectivity index (χ2v) is 4.13. The van der Waals surface area contributed by atoms with Crippen molar-refractivity contribution in [1.29, 1.82) is 0 Å². The molecule has 1 aliphatic carbocycles. The van der Waals surface area contributed by atoms with Crippen molar-refractivity contribution in [2.75, 3.05) is 13.2 Å². The molecule has 0 heterocycles. The van der Waals surface area contributed by atoms with Crippen LogP contribution in [0.4, 0.5) is 0 Å². The average molecular weight is 236 g/mol. The van der Waals surface area contributed by atoms with Gasteiger partial charge in [-0.15, -0.1) is 0 Å². The summed E-state index contributed by atoms with van der Waals surface area (Å²) in [6, 6.07) is 9.53. The number of carbonyl (C=O) groups excluding carboxylic acids is 1. The third kappa shape index (κ3) is 3.05. The third-order valence-corrected chi connectivity index (χ3v) is 2.76. The van der Waals surface area contributed by atoms with Gasteiger partial charge in [0.1, 0.15) is 6.61 Å². The van der Waals surface area contributed by atoms with E-state index in [-0.39, 0.29) is 25.8 Å². The summed E-state index contributed by atoms with van der Waals surface area (Å²) in [6.45, 7) is 0.373. The molecule has 1 aliphatic rings. The number of ether oxygens (including phenoxy) is 2. The minimum Gasteiger partial charge on any atom is -0.459 e. The number of rotatable bonds is 6. The van der Waals surface area contributed by atoms with Crippen LogP contribution in [0.15, 0.2) is 30.3 Å². The van der Waals surface area contributed by atoms with Crippen molar-refractivity contribution in [3.63, 3.8) is 0 Å². The van der Waals surface area contributed by atoms with Crippen LogP contribution in [0.2, 0.25) is 0 Å². The van der Waals surface area contributed by atoms with Gasteiger partial charge in [0.2, 0.25) is 0 Å². The standard InChI is InChI=1S/C13H16O4/c14-8-9-17-13(6-7-13)12(15)16-10-11-4-2-1-3-5-11/h1-5,14H,6-10H2. The molecule has 1 aromatic rings. The van der Waals surface area contributed by atoms with Crippen molar-refractivity contribution >= 4 is 5.97 Å². The van der Waals surface area contributed by atoms with Crippen LogP contribution in [0.1, 0.15) is 18.4 Å². The van der Waals surface area contributed by atoms with Gasteiger partial charge in [-0.1, -0.05) is 30.3 Å². The van der Waals surface area contributed by atoms with Gasteiger partial charge in [-0.3, -0.25) is 0 Å². The van der Waals surface area contributed by atoms with Gasteiger partial charge in [-0.05, 0) is 18.4 Å². The highest BCUT2D eigenvalue weighted by molar-refractivity contribution is 5.82. The Balaban J connectivity index is 1.82. The lowest BCUT2D eigenvalue weighted by Crippen LogP contribution is -2.29. The lowest BCUT2D eigenvalue weighted by atomic mass is 10.2. The zero-order chi connectivity index (χ0) is 12.1. The Morgan fingerprint density at radius 3 is 2.59 bits per heavy atom. The van der Waals surface area contributed by atoms with Gasteiger partial charge >= 0.3 is 5.97 Å². The molecule has 0 unspecified atom stereocenters. The molecule has 0 saturated heterocycles. The summed E-state index contributed by atoms with van der Waals surface area (Å²) in [5.74, 6) is -0.324. The predicted molar refractivity (Wildman–Crippen MR) is 61.2 cm³/mol. The molecule has 2 rings (SSSR count). The number of esters is 1. The van der Waals surface area contributed by atoms with Crippen LogP contribution >= 0.6 is 0 Å². The summed E-state index contributed by atoms with van der Waals surface area (Å²) in [7, 11) is 0. The molecular formula is C13H16O4. The second kappa shape index (κ2) is 5.29. The number of benzene rings is 1. The van der Waals surface area contributed by atoms with Gasteiger partial charge < -0.3 is 14.6 Å². The van der Waals surface area contributed by atoms with E-state index in [1.54, 1.807) is 0 Å². The molecular weight excluding hydrogens is 220 g/mol. The molecule has 1 saturated carbocycles. The van der Waals surface area contributed by atoms with Crippen LogP contribution in [0, 0.1) is 0 Å². The second-order valence-electron chi connectivity index (χ2n) is 4.13. The van der Waals surface area contributed by atoms with E-state index in [9.17, 15) is 4.79 Å². The fraction of sp³-hybridized carbons (Fsp3) is 0.462. The number of aliphatic hydroxyl groups excluding tert-OH is 1. The highest BCUT2D eigenvalue weighted by atomic mass is 16.6. The van der Waals surface area contributed by atoms with Gasteiger partial charge in [-0.25, -0.2) is 4.79 Å². The van der Waals surface area contributed by atoms with Crippen LogP contribution in [0.3, 0.4) is 0 Å². The fourth-order valence-corrected chi connectivity index (χ4v) is 1.62. The minimum atomic E-state index is -0.780. The zero-order valence-corrected chi connectivity index (χ0v) is 9.59. The normalized spacial score (nSPS) is 16.5. The summed E-state index contributed by atoms with van der Waals surface area (Å²) in [5, 5.41) is 8.67. The Hall–Kier alpha value is -1.39. The monoisotopic (exact) mass is 236 g/mol. The Morgan fingerprint density at radius 1 is 1.29 bits per heavy atom. The maximum absolute atomic E-state index is 11.8. The largest absolute Gasteiger partial charge is 0.459 e. The van der Waals surface area contributed by atoms with Crippen LogP contribution < -0.4 is 0 Å². The van der Waals surface area contributed by atoms with Crippen molar-refractivity contribution in [3.05, 3.63) is 35.9 Å². The van der Waals surface area contributed by atoms with Gasteiger partial charge in [0.05, 0.1) is 13.2 Å². The first-order chi connectivity index (χ1) is 8.27. The van der Waals surface area contributed by atoms with E-state index in [1.165, 1.54) is 0 Å². The molecule has 0 atom stereocenters. The lowest BCUT2D eigenvalue weighted by Gasteiger charge is -2.14. The third-order valence-electron chi connectivity index (χ3n) is 2.76. The molecule has 0 amide bonds. The van der Waals surface area contributed by atoms with E-state index in [4.69, 9.17) is 14.6 Å². The smallest absolute Gasteiger partial charge is 0.338 e. The van der Waals surface area contributed by atoms with Gasteiger partial charge in [-0.2, -0.15) is 0 Å². The molecule has 1 fully saturated rings. The summed E-state index contributed by atoms with van der Waals surface area (Å²) in [5.41, 5.74) is 0.177. The Morgan fingerprint density at radius 2 is 2.00 bits per heavy atom. The quantitative estimate of drug-likeness (QED) is 0.756. The molecule has 0 aromatic heterocycles. The zero-order valence-electron chi connectivity index (χ0n) is 9.59. The van der Waals surface area contributed by atoms with Gasteiger partial charge in [0, 0.05) is 0 Å². The molecule has 0 bridgehead atoms. The lowest BCUT2D eigenvalue weighted by molar-refractivity contribution is -0.162. The minimum absolute atomic E-state index is 0.0757. The Kier molecular flexibility index (Phi) is 3.76.